The van der Waals surface area contributed by atoms with Crippen molar-refractivity contribution in [1.82, 2.24) is 10.6 Å². The Labute approximate surface area is 107 Å². The zero-order valence-corrected chi connectivity index (χ0v) is 10.5. The van der Waals surface area contributed by atoms with E-state index in [0.29, 0.717) is 24.6 Å². The SMILES string of the molecule is Cc1cc(C#N)ccc1CNC1CCC(=O)NC1. The number of piperidine rings is 1. The maximum Gasteiger partial charge on any atom is 0.220 e. The van der Waals surface area contributed by atoms with Crippen molar-refractivity contribution in [3.8, 4) is 6.07 Å². The highest BCUT2D eigenvalue weighted by Crippen LogP contribution is 2.11. The van der Waals surface area contributed by atoms with Crippen LogP contribution in [-0.2, 0) is 11.3 Å². The van der Waals surface area contributed by atoms with Gasteiger partial charge in [-0.05, 0) is 36.6 Å². The third kappa shape index (κ3) is 3.08. The summed E-state index contributed by atoms with van der Waals surface area (Å²) in [6, 6.07) is 8.21. The number of hydrogen-bond donors (Lipinski definition) is 2. The molecular formula is C14H17N3O. The van der Waals surface area contributed by atoms with Gasteiger partial charge < -0.3 is 10.6 Å². The lowest BCUT2D eigenvalue weighted by Gasteiger charge is -2.23. The van der Waals surface area contributed by atoms with Crippen LogP contribution in [0, 0.1) is 18.3 Å². The van der Waals surface area contributed by atoms with E-state index in [1.54, 1.807) is 0 Å². The number of nitrogens with zero attached hydrogens (tertiary/aromatic N) is 1. The minimum Gasteiger partial charge on any atom is -0.355 e. The van der Waals surface area contributed by atoms with Gasteiger partial charge in [0.25, 0.3) is 0 Å². The number of carbonyl (C=O) groups excluding carboxylic acids is 1. The highest BCUT2D eigenvalue weighted by atomic mass is 16.1. The molecule has 4 heteroatoms. The number of nitriles is 1. The molecule has 1 unspecified atom stereocenters. The van der Waals surface area contributed by atoms with Crippen LogP contribution in [0.5, 0.6) is 0 Å². The Balaban J connectivity index is 1.90. The van der Waals surface area contributed by atoms with Crippen molar-refractivity contribution in [2.24, 2.45) is 0 Å². The molecule has 1 heterocycles. The minimum absolute atomic E-state index is 0.141. The van der Waals surface area contributed by atoms with Gasteiger partial charge in [-0.25, -0.2) is 0 Å². The van der Waals surface area contributed by atoms with Crippen LogP contribution in [0.25, 0.3) is 0 Å². The molecule has 1 aromatic carbocycles. The van der Waals surface area contributed by atoms with Crippen molar-refractivity contribution in [2.45, 2.75) is 32.4 Å². The molecule has 0 bridgehead atoms. The van der Waals surface area contributed by atoms with E-state index in [4.69, 9.17) is 5.26 Å². The molecule has 2 rings (SSSR count). The third-order valence-electron chi connectivity index (χ3n) is 3.32. The molecule has 4 nitrogen and oxygen atoms in total. The van der Waals surface area contributed by atoms with Crippen LogP contribution >= 0.6 is 0 Å². The van der Waals surface area contributed by atoms with Gasteiger partial charge in [0, 0.05) is 25.6 Å². The standard InChI is InChI=1S/C14H17N3O/c1-10-6-11(7-15)2-3-12(10)8-16-13-4-5-14(18)17-9-13/h2-3,6,13,16H,4-5,8-9H2,1H3,(H,17,18). The van der Waals surface area contributed by atoms with E-state index < -0.39 is 0 Å². The number of hydrogen-bond acceptors (Lipinski definition) is 3. The van der Waals surface area contributed by atoms with Gasteiger partial charge in [-0.2, -0.15) is 5.26 Å². The first kappa shape index (κ1) is 12.6. The van der Waals surface area contributed by atoms with Crippen molar-refractivity contribution in [1.29, 1.82) is 5.26 Å². The molecule has 0 aliphatic carbocycles. The van der Waals surface area contributed by atoms with Gasteiger partial charge in [-0.3, -0.25) is 4.79 Å². The Morgan fingerprint density at radius 3 is 3.00 bits per heavy atom. The number of benzene rings is 1. The second-order valence-electron chi connectivity index (χ2n) is 4.67. The lowest BCUT2D eigenvalue weighted by molar-refractivity contribution is -0.122. The van der Waals surface area contributed by atoms with Crippen LogP contribution in [0.4, 0.5) is 0 Å². The summed E-state index contributed by atoms with van der Waals surface area (Å²) in [6.45, 7) is 3.49. The van der Waals surface area contributed by atoms with Crippen molar-refractivity contribution < 1.29 is 4.79 Å². The van der Waals surface area contributed by atoms with Crippen LogP contribution in [-0.4, -0.2) is 18.5 Å². The highest BCUT2D eigenvalue weighted by molar-refractivity contribution is 5.76. The fraction of sp³-hybridized carbons (Fsp3) is 0.429. The summed E-state index contributed by atoms with van der Waals surface area (Å²) < 4.78 is 0. The fourth-order valence-corrected chi connectivity index (χ4v) is 2.13. The molecule has 1 aromatic rings. The lowest BCUT2D eigenvalue weighted by Crippen LogP contribution is -2.45. The summed E-state index contributed by atoms with van der Waals surface area (Å²) in [4.78, 5) is 11.0. The molecule has 1 amide bonds. The Bertz CT molecular complexity index is 480. The molecule has 0 spiro atoms. The summed E-state index contributed by atoms with van der Waals surface area (Å²) >= 11 is 0. The average molecular weight is 243 g/mol. The van der Waals surface area contributed by atoms with Gasteiger partial charge >= 0.3 is 0 Å². The molecule has 18 heavy (non-hydrogen) atoms. The quantitative estimate of drug-likeness (QED) is 0.839. The first-order valence-corrected chi connectivity index (χ1v) is 6.19. The molecule has 0 aromatic heterocycles. The smallest absolute Gasteiger partial charge is 0.220 e. The Morgan fingerprint density at radius 2 is 2.39 bits per heavy atom. The topological polar surface area (TPSA) is 64.9 Å². The van der Waals surface area contributed by atoms with E-state index in [0.717, 1.165) is 18.5 Å². The van der Waals surface area contributed by atoms with Gasteiger partial charge in [0.15, 0.2) is 0 Å². The van der Waals surface area contributed by atoms with Gasteiger partial charge in [-0.15, -0.1) is 0 Å². The van der Waals surface area contributed by atoms with Crippen LogP contribution in [0.2, 0.25) is 0 Å². The van der Waals surface area contributed by atoms with Gasteiger partial charge in [0.05, 0.1) is 11.6 Å². The molecule has 1 aliphatic heterocycles. The Kier molecular flexibility index (Phi) is 3.96. The predicted molar refractivity (Wildman–Crippen MR) is 68.8 cm³/mol. The Morgan fingerprint density at radius 1 is 1.56 bits per heavy atom. The maximum absolute atomic E-state index is 11.0. The number of nitrogens with one attached hydrogen (secondary N) is 2. The second kappa shape index (κ2) is 5.65. The summed E-state index contributed by atoms with van der Waals surface area (Å²) in [5.74, 6) is 0.141. The molecule has 1 aliphatic rings. The minimum atomic E-state index is 0.141. The molecule has 2 N–H and O–H groups in total. The number of aryl methyl sites for hydroxylation is 1. The molecule has 1 saturated heterocycles. The van der Waals surface area contributed by atoms with Crippen molar-refractivity contribution in [2.75, 3.05) is 6.54 Å². The summed E-state index contributed by atoms with van der Waals surface area (Å²) in [5.41, 5.74) is 3.02. The zero-order chi connectivity index (χ0) is 13.0. The van der Waals surface area contributed by atoms with Crippen LogP contribution in [0.15, 0.2) is 18.2 Å². The fourth-order valence-electron chi connectivity index (χ4n) is 2.13. The van der Waals surface area contributed by atoms with E-state index in [9.17, 15) is 4.79 Å². The highest BCUT2D eigenvalue weighted by Gasteiger charge is 2.17. The largest absolute Gasteiger partial charge is 0.355 e. The van der Waals surface area contributed by atoms with Gasteiger partial charge in [0.1, 0.15) is 0 Å². The number of amides is 1. The van der Waals surface area contributed by atoms with E-state index >= 15 is 0 Å². The van der Waals surface area contributed by atoms with Gasteiger partial charge in [0.2, 0.25) is 5.91 Å². The molecular weight excluding hydrogens is 226 g/mol. The van der Waals surface area contributed by atoms with Crippen molar-refractivity contribution >= 4 is 5.91 Å². The predicted octanol–water partition coefficient (Wildman–Crippen LogP) is 1.23. The van der Waals surface area contributed by atoms with Crippen LogP contribution < -0.4 is 10.6 Å². The van der Waals surface area contributed by atoms with E-state index in [1.165, 1.54) is 5.56 Å². The van der Waals surface area contributed by atoms with E-state index in [1.807, 2.05) is 25.1 Å². The zero-order valence-electron chi connectivity index (χ0n) is 10.5. The van der Waals surface area contributed by atoms with Gasteiger partial charge in [-0.1, -0.05) is 6.07 Å². The molecule has 0 radical (unpaired) electrons. The summed E-state index contributed by atoms with van der Waals surface area (Å²) in [6.07, 6.45) is 1.49. The summed E-state index contributed by atoms with van der Waals surface area (Å²) in [5, 5.41) is 15.1. The maximum atomic E-state index is 11.0. The molecule has 1 atom stereocenters. The van der Waals surface area contributed by atoms with E-state index in [2.05, 4.69) is 16.7 Å². The average Bonchev–Trinajstić information content (AvgIpc) is 2.39. The second-order valence-corrected chi connectivity index (χ2v) is 4.67. The molecule has 94 valence electrons. The molecule has 0 saturated carbocycles. The third-order valence-corrected chi connectivity index (χ3v) is 3.32. The normalized spacial score (nSPS) is 19.1. The van der Waals surface area contributed by atoms with Crippen LogP contribution in [0.3, 0.4) is 0 Å². The van der Waals surface area contributed by atoms with Crippen LogP contribution in [0.1, 0.15) is 29.5 Å². The van der Waals surface area contributed by atoms with E-state index in [-0.39, 0.29) is 5.91 Å². The Hall–Kier alpha value is -1.86. The van der Waals surface area contributed by atoms with Crippen molar-refractivity contribution in [3.63, 3.8) is 0 Å². The monoisotopic (exact) mass is 243 g/mol. The first-order valence-electron chi connectivity index (χ1n) is 6.19. The lowest BCUT2D eigenvalue weighted by atomic mass is 10.0. The first-order chi connectivity index (χ1) is 8.69. The summed E-state index contributed by atoms with van der Waals surface area (Å²) in [7, 11) is 0. The van der Waals surface area contributed by atoms with Crippen molar-refractivity contribution in [3.05, 3.63) is 34.9 Å². The molecule has 1 fully saturated rings. The number of rotatable bonds is 3. The number of carbonyl (C=O) groups is 1.